The minimum atomic E-state index is -1.33. The molecule has 0 saturated heterocycles. The summed E-state index contributed by atoms with van der Waals surface area (Å²) in [6, 6.07) is 9.54. The molecule has 0 amide bonds. The van der Waals surface area contributed by atoms with Gasteiger partial charge < -0.3 is 14.6 Å². The Hall–Kier alpha value is -2.73. The van der Waals surface area contributed by atoms with Crippen molar-refractivity contribution in [3.63, 3.8) is 0 Å². The number of esters is 1. The molecular formula is C16H15NO5. The largest absolute Gasteiger partial charge is 0.467 e. The van der Waals surface area contributed by atoms with E-state index in [2.05, 4.69) is 9.72 Å². The molecule has 1 aromatic carbocycles. The number of carbonyl (C=O) groups excluding carboxylic acids is 2. The standard InChI is InChI=1S/C16H15NO5/c1-10-12(9-18)5-8-14(17-10)22-13-6-3-11(4-7-13)15(19)16(20)21-2/h3-9,15,19H,1-2H3. The van der Waals surface area contributed by atoms with Crippen molar-refractivity contribution in [3.05, 3.63) is 53.2 Å². The normalized spacial score (nSPS) is 11.6. The number of hydrogen-bond acceptors (Lipinski definition) is 6. The summed E-state index contributed by atoms with van der Waals surface area (Å²) in [7, 11) is 1.21. The Balaban J connectivity index is 2.13. The summed E-state index contributed by atoms with van der Waals surface area (Å²) in [5.74, 6) is 0.117. The minimum Gasteiger partial charge on any atom is -0.467 e. The number of aryl methyl sites for hydroxylation is 1. The van der Waals surface area contributed by atoms with E-state index in [-0.39, 0.29) is 0 Å². The van der Waals surface area contributed by atoms with Gasteiger partial charge in [0.1, 0.15) is 5.75 Å². The number of nitrogens with zero attached hydrogens (tertiary/aromatic N) is 1. The third-order valence-electron chi connectivity index (χ3n) is 3.07. The van der Waals surface area contributed by atoms with Crippen molar-refractivity contribution >= 4 is 12.3 Å². The molecule has 22 heavy (non-hydrogen) atoms. The number of aliphatic hydroxyl groups excluding tert-OH is 1. The highest BCUT2D eigenvalue weighted by Gasteiger charge is 2.17. The molecule has 114 valence electrons. The summed E-state index contributed by atoms with van der Waals surface area (Å²) in [5.41, 5.74) is 1.48. The maximum absolute atomic E-state index is 11.2. The third-order valence-corrected chi connectivity index (χ3v) is 3.07. The first-order valence-corrected chi connectivity index (χ1v) is 6.51. The molecule has 1 aromatic heterocycles. The fraction of sp³-hybridized carbons (Fsp3) is 0.188. The van der Waals surface area contributed by atoms with Gasteiger partial charge >= 0.3 is 5.97 Å². The molecule has 0 aliphatic heterocycles. The lowest BCUT2D eigenvalue weighted by atomic mass is 10.1. The SMILES string of the molecule is COC(=O)C(O)c1ccc(Oc2ccc(C=O)c(C)n2)cc1. The summed E-state index contributed by atoms with van der Waals surface area (Å²) in [6.45, 7) is 1.71. The van der Waals surface area contributed by atoms with Crippen LogP contribution in [0.1, 0.15) is 27.7 Å². The molecule has 0 spiro atoms. The molecule has 6 heteroatoms. The molecule has 0 bridgehead atoms. The molecule has 2 aromatic rings. The molecule has 1 atom stereocenters. The Morgan fingerprint density at radius 3 is 2.45 bits per heavy atom. The van der Waals surface area contributed by atoms with E-state index < -0.39 is 12.1 Å². The topological polar surface area (TPSA) is 85.7 Å². The summed E-state index contributed by atoms with van der Waals surface area (Å²) < 4.78 is 10.0. The zero-order valence-electron chi connectivity index (χ0n) is 12.1. The molecule has 1 unspecified atom stereocenters. The van der Waals surface area contributed by atoms with Gasteiger partial charge in [-0.2, -0.15) is 0 Å². The van der Waals surface area contributed by atoms with Crippen LogP contribution in [0.4, 0.5) is 0 Å². The summed E-state index contributed by atoms with van der Waals surface area (Å²) in [5, 5.41) is 9.70. The van der Waals surface area contributed by atoms with Crippen LogP contribution < -0.4 is 4.74 Å². The quantitative estimate of drug-likeness (QED) is 0.673. The lowest BCUT2D eigenvalue weighted by Gasteiger charge is -2.10. The van der Waals surface area contributed by atoms with Gasteiger partial charge in [-0.1, -0.05) is 12.1 Å². The summed E-state index contributed by atoms with van der Waals surface area (Å²) in [6.07, 6.45) is -0.596. The minimum absolute atomic E-state index is 0.351. The molecule has 6 nitrogen and oxygen atoms in total. The first-order chi connectivity index (χ1) is 10.5. The molecule has 0 saturated carbocycles. The fourth-order valence-electron chi connectivity index (χ4n) is 1.82. The van der Waals surface area contributed by atoms with Crippen molar-refractivity contribution in [1.82, 2.24) is 4.98 Å². The Kier molecular flexibility index (Phi) is 4.85. The Morgan fingerprint density at radius 1 is 1.23 bits per heavy atom. The Labute approximate surface area is 127 Å². The van der Waals surface area contributed by atoms with Gasteiger partial charge in [-0.25, -0.2) is 9.78 Å². The van der Waals surface area contributed by atoms with Gasteiger partial charge in [0.25, 0.3) is 0 Å². The van der Waals surface area contributed by atoms with E-state index in [1.54, 1.807) is 43.3 Å². The number of pyridine rings is 1. The number of methoxy groups -OCH3 is 1. The Bertz CT molecular complexity index is 681. The predicted octanol–water partition coefficient (Wildman–Crippen LogP) is 2.20. The molecule has 1 heterocycles. The van der Waals surface area contributed by atoms with E-state index >= 15 is 0 Å². The summed E-state index contributed by atoms with van der Waals surface area (Å²) in [4.78, 5) is 26.1. The number of aromatic nitrogens is 1. The van der Waals surface area contributed by atoms with Crippen LogP contribution in [0.3, 0.4) is 0 Å². The highest BCUT2D eigenvalue weighted by Crippen LogP contribution is 2.23. The monoisotopic (exact) mass is 301 g/mol. The van der Waals surface area contributed by atoms with Gasteiger partial charge in [0, 0.05) is 11.6 Å². The van der Waals surface area contributed by atoms with Crippen LogP contribution in [0.2, 0.25) is 0 Å². The maximum Gasteiger partial charge on any atom is 0.339 e. The highest BCUT2D eigenvalue weighted by atomic mass is 16.5. The number of aliphatic hydroxyl groups is 1. The lowest BCUT2D eigenvalue weighted by molar-refractivity contribution is -0.150. The Morgan fingerprint density at radius 2 is 1.91 bits per heavy atom. The second-order valence-electron chi connectivity index (χ2n) is 4.54. The van der Waals surface area contributed by atoms with Gasteiger partial charge in [0.05, 0.1) is 12.8 Å². The number of hydrogen-bond donors (Lipinski definition) is 1. The van der Waals surface area contributed by atoms with E-state index in [9.17, 15) is 14.7 Å². The van der Waals surface area contributed by atoms with Crippen LogP contribution in [-0.2, 0) is 9.53 Å². The van der Waals surface area contributed by atoms with Crippen molar-refractivity contribution in [2.75, 3.05) is 7.11 Å². The van der Waals surface area contributed by atoms with Crippen LogP contribution in [0.15, 0.2) is 36.4 Å². The molecule has 2 rings (SSSR count). The van der Waals surface area contributed by atoms with Gasteiger partial charge in [0.2, 0.25) is 5.88 Å². The van der Waals surface area contributed by atoms with E-state index in [1.807, 2.05) is 0 Å². The van der Waals surface area contributed by atoms with E-state index in [0.717, 1.165) is 6.29 Å². The van der Waals surface area contributed by atoms with Crippen LogP contribution in [0.25, 0.3) is 0 Å². The number of carbonyl (C=O) groups is 2. The second-order valence-corrected chi connectivity index (χ2v) is 4.54. The first kappa shape index (κ1) is 15.7. The second kappa shape index (κ2) is 6.82. The zero-order valence-corrected chi connectivity index (χ0v) is 12.1. The van der Waals surface area contributed by atoms with E-state index in [1.165, 1.54) is 7.11 Å². The van der Waals surface area contributed by atoms with Gasteiger partial charge in [-0.05, 0) is 30.7 Å². The van der Waals surface area contributed by atoms with Crippen molar-refractivity contribution < 1.29 is 24.2 Å². The smallest absolute Gasteiger partial charge is 0.339 e. The number of benzene rings is 1. The van der Waals surface area contributed by atoms with E-state index in [4.69, 9.17) is 4.74 Å². The van der Waals surface area contributed by atoms with Crippen LogP contribution in [0, 0.1) is 6.92 Å². The fourth-order valence-corrected chi connectivity index (χ4v) is 1.82. The molecule has 0 aliphatic rings. The molecular weight excluding hydrogens is 286 g/mol. The van der Waals surface area contributed by atoms with Gasteiger partial charge in [0.15, 0.2) is 12.4 Å². The number of rotatable bonds is 5. The number of aldehydes is 1. The van der Waals surface area contributed by atoms with Gasteiger partial charge in [-0.3, -0.25) is 4.79 Å². The average Bonchev–Trinajstić information content (AvgIpc) is 2.54. The third kappa shape index (κ3) is 3.48. The van der Waals surface area contributed by atoms with E-state index in [0.29, 0.717) is 28.5 Å². The first-order valence-electron chi connectivity index (χ1n) is 6.51. The lowest BCUT2D eigenvalue weighted by Crippen LogP contribution is -2.13. The van der Waals surface area contributed by atoms with Crippen molar-refractivity contribution in [1.29, 1.82) is 0 Å². The predicted molar refractivity (Wildman–Crippen MR) is 77.9 cm³/mol. The van der Waals surface area contributed by atoms with Gasteiger partial charge in [-0.15, -0.1) is 0 Å². The number of ether oxygens (including phenoxy) is 2. The molecule has 0 fully saturated rings. The van der Waals surface area contributed by atoms with Crippen LogP contribution in [-0.4, -0.2) is 29.5 Å². The average molecular weight is 301 g/mol. The van der Waals surface area contributed by atoms with Crippen LogP contribution >= 0.6 is 0 Å². The van der Waals surface area contributed by atoms with Crippen LogP contribution in [0.5, 0.6) is 11.6 Å². The van der Waals surface area contributed by atoms with Crippen molar-refractivity contribution in [2.45, 2.75) is 13.0 Å². The highest BCUT2D eigenvalue weighted by molar-refractivity contribution is 5.76. The molecule has 0 radical (unpaired) electrons. The summed E-state index contributed by atoms with van der Waals surface area (Å²) >= 11 is 0. The maximum atomic E-state index is 11.2. The zero-order chi connectivity index (χ0) is 16.1. The molecule has 0 aliphatic carbocycles. The molecule has 1 N–H and O–H groups in total. The van der Waals surface area contributed by atoms with Crippen molar-refractivity contribution in [2.24, 2.45) is 0 Å². The van der Waals surface area contributed by atoms with Crippen molar-refractivity contribution in [3.8, 4) is 11.6 Å².